The van der Waals surface area contributed by atoms with Crippen molar-refractivity contribution in [2.75, 3.05) is 6.54 Å². The molecule has 1 aromatic carbocycles. The number of hydrogen-bond acceptors (Lipinski definition) is 3. The molecule has 0 bridgehead atoms. The van der Waals surface area contributed by atoms with E-state index in [1.54, 1.807) is 12.1 Å². The van der Waals surface area contributed by atoms with Crippen LogP contribution < -0.4 is 5.32 Å². The first-order valence-electron chi connectivity index (χ1n) is 7.00. The van der Waals surface area contributed by atoms with Gasteiger partial charge in [0.25, 0.3) is 0 Å². The zero-order valence-electron chi connectivity index (χ0n) is 11.9. The van der Waals surface area contributed by atoms with Crippen LogP contribution in [0.2, 0.25) is 0 Å². The maximum absolute atomic E-state index is 12.7. The smallest absolute Gasteiger partial charge is 0.181 e. The first-order chi connectivity index (χ1) is 8.96. The summed E-state index contributed by atoms with van der Waals surface area (Å²) in [7, 11) is -3.20. The quantitative estimate of drug-likeness (QED) is 0.922. The summed E-state index contributed by atoms with van der Waals surface area (Å²) in [5.74, 6) is 0.172. The second-order valence-corrected chi connectivity index (χ2v) is 7.67. The molecule has 3 nitrogen and oxygen atoms in total. The number of aryl methyl sites for hydroxylation is 1. The Morgan fingerprint density at radius 1 is 1.32 bits per heavy atom. The van der Waals surface area contributed by atoms with Gasteiger partial charge in [0, 0.05) is 6.04 Å². The largest absolute Gasteiger partial charge is 0.314 e. The van der Waals surface area contributed by atoms with Gasteiger partial charge >= 0.3 is 0 Å². The molecule has 0 spiro atoms. The zero-order chi connectivity index (χ0) is 14.0. The van der Waals surface area contributed by atoms with Crippen molar-refractivity contribution >= 4 is 9.84 Å². The van der Waals surface area contributed by atoms with Crippen molar-refractivity contribution in [2.24, 2.45) is 5.92 Å². The van der Waals surface area contributed by atoms with Crippen LogP contribution in [0.1, 0.15) is 32.3 Å². The lowest BCUT2D eigenvalue weighted by molar-refractivity contribution is 0.433. The summed E-state index contributed by atoms with van der Waals surface area (Å²) in [6, 6.07) is 7.58. The van der Waals surface area contributed by atoms with Gasteiger partial charge in [0.2, 0.25) is 0 Å². The third kappa shape index (κ3) is 2.84. The Kier molecular flexibility index (Phi) is 4.31. The molecular weight excluding hydrogens is 258 g/mol. The van der Waals surface area contributed by atoms with E-state index in [1.165, 1.54) is 0 Å². The average Bonchev–Trinajstić information content (AvgIpc) is 2.72. The number of benzene rings is 1. The second kappa shape index (κ2) is 5.63. The molecule has 3 atom stereocenters. The first-order valence-corrected chi connectivity index (χ1v) is 8.55. The molecular formula is C15H23NO2S. The van der Waals surface area contributed by atoms with Crippen molar-refractivity contribution in [3.8, 4) is 0 Å². The van der Waals surface area contributed by atoms with Gasteiger partial charge in [-0.25, -0.2) is 8.42 Å². The molecule has 1 aliphatic rings. The number of hydrogen-bond donors (Lipinski definition) is 1. The van der Waals surface area contributed by atoms with Crippen LogP contribution in [0.25, 0.3) is 0 Å². The molecule has 1 aromatic rings. The molecule has 0 amide bonds. The fourth-order valence-electron chi connectivity index (χ4n) is 3.08. The molecule has 3 unspecified atom stereocenters. The standard InChI is InChI=1S/C15H23NO2S/c1-4-16-14-8-9-15(12(14)3)19(17,18)13-7-5-6-11(2)10-13/h5-7,10,12,14-16H,4,8-9H2,1-3H3. The van der Waals surface area contributed by atoms with Crippen molar-refractivity contribution in [3.63, 3.8) is 0 Å². The molecule has 106 valence electrons. The lowest BCUT2D eigenvalue weighted by atomic mass is 10.1. The monoisotopic (exact) mass is 281 g/mol. The van der Waals surface area contributed by atoms with Crippen molar-refractivity contribution in [2.45, 2.75) is 49.8 Å². The molecule has 1 fully saturated rings. The minimum absolute atomic E-state index is 0.172. The molecule has 0 saturated heterocycles. The molecule has 4 heteroatoms. The maximum Gasteiger partial charge on any atom is 0.181 e. The zero-order valence-corrected chi connectivity index (χ0v) is 12.7. The number of rotatable bonds is 4. The first kappa shape index (κ1) is 14.5. The Balaban J connectivity index is 2.26. The third-order valence-corrected chi connectivity index (χ3v) is 6.54. The van der Waals surface area contributed by atoms with E-state index in [4.69, 9.17) is 0 Å². The van der Waals surface area contributed by atoms with Gasteiger partial charge in [-0.15, -0.1) is 0 Å². The third-order valence-electron chi connectivity index (χ3n) is 4.17. The van der Waals surface area contributed by atoms with Crippen LogP contribution in [0.3, 0.4) is 0 Å². The molecule has 1 N–H and O–H groups in total. The van der Waals surface area contributed by atoms with E-state index < -0.39 is 9.84 Å². The number of sulfone groups is 1. The van der Waals surface area contributed by atoms with E-state index in [0.29, 0.717) is 10.9 Å². The topological polar surface area (TPSA) is 46.2 Å². The molecule has 0 heterocycles. The molecule has 0 radical (unpaired) electrons. The highest BCUT2D eigenvalue weighted by Crippen LogP contribution is 2.34. The van der Waals surface area contributed by atoms with Gasteiger partial charge in [0.05, 0.1) is 10.1 Å². The Morgan fingerprint density at radius 3 is 2.68 bits per heavy atom. The van der Waals surface area contributed by atoms with Gasteiger partial charge in [-0.1, -0.05) is 26.0 Å². The Bertz CT molecular complexity index is 539. The van der Waals surface area contributed by atoms with E-state index in [1.807, 2.05) is 19.1 Å². The maximum atomic E-state index is 12.7. The van der Waals surface area contributed by atoms with Gasteiger partial charge in [-0.05, 0) is 49.9 Å². The fourth-order valence-corrected chi connectivity index (χ4v) is 5.25. The average molecular weight is 281 g/mol. The summed E-state index contributed by atoms with van der Waals surface area (Å²) >= 11 is 0. The van der Waals surface area contributed by atoms with Gasteiger partial charge < -0.3 is 5.32 Å². The molecule has 2 rings (SSSR count). The Labute approximate surface area is 116 Å². The predicted octanol–water partition coefficient (Wildman–Crippen LogP) is 2.55. The van der Waals surface area contributed by atoms with Crippen LogP contribution in [-0.2, 0) is 9.84 Å². The fraction of sp³-hybridized carbons (Fsp3) is 0.600. The van der Waals surface area contributed by atoms with Crippen molar-refractivity contribution < 1.29 is 8.42 Å². The predicted molar refractivity (Wildman–Crippen MR) is 78.0 cm³/mol. The highest BCUT2D eigenvalue weighted by atomic mass is 32.2. The van der Waals surface area contributed by atoms with E-state index in [0.717, 1.165) is 24.9 Å². The molecule has 0 aliphatic heterocycles. The van der Waals surface area contributed by atoms with E-state index in [2.05, 4.69) is 19.2 Å². The summed E-state index contributed by atoms with van der Waals surface area (Å²) in [6.07, 6.45) is 1.71. The van der Waals surface area contributed by atoms with Crippen molar-refractivity contribution in [1.82, 2.24) is 5.32 Å². The summed E-state index contributed by atoms with van der Waals surface area (Å²) in [5.41, 5.74) is 0.995. The molecule has 1 aliphatic carbocycles. The molecule has 1 saturated carbocycles. The minimum Gasteiger partial charge on any atom is -0.314 e. The van der Waals surface area contributed by atoms with Crippen LogP contribution in [0.4, 0.5) is 0 Å². The van der Waals surface area contributed by atoms with Gasteiger partial charge in [0.1, 0.15) is 0 Å². The van der Waals surface area contributed by atoms with Crippen LogP contribution in [-0.4, -0.2) is 26.3 Å². The van der Waals surface area contributed by atoms with Crippen LogP contribution in [0.15, 0.2) is 29.2 Å². The Morgan fingerprint density at radius 2 is 2.05 bits per heavy atom. The molecule has 0 aromatic heterocycles. The lowest BCUT2D eigenvalue weighted by Crippen LogP contribution is -2.36. The minimum atomic E-state index is -3.20. The van der Waals surface area contributed by atoms with Crippen molar-refractivity contribution in [1.29, 1.82) is 0 Å². The highest BCUT2D eigenvalue weighted by molar-refractivity contribution is 7.92. The summed E-state index contributed by atoms with van der Waals surface area (Å²) in [6.45, 7) is 6.94. The highest BCUT2D eigenvalue weighted by Gasteiger charge is 2.41. The molecule has 19 heavy (non-hydrogen) atoms. The van der Waals surface area contributed by atoms with Crippen molar-refractivity contribution in [3.05, 3.63) is 29.8 Å². The summed E-state index contributed by atoms with van der Waals surface area (Å²) < 4.78 is 25.4. The van der Waals surface area contributed by atoms with E-state index >= 15 is 0 Å². The normalized spacial score (nSPS) is 27.6. The lowest BCUT2D eigenvalue weighted by Gasteiger charge is -2.21. The van der Waals surface area contributed by atoms with Gasteiger partial charge in [0.15, 0.2) is 9.84 Å². The van der Waals surface area contributed by atoms with Crippen LogP contribution in [0, 0.1) is 12.8 Å². The van der Waals surface area contributed by atoms with Gasteiger partial charge in [-0.3, -0.25) is 0 Å². The summed E-state index contributed by atoms with van der Waals surface area (Å²) in [4.78, 5) is 0.474. The van der Waals surface area contributed by atoms with E-state index in [9.17, 15) is 8.42 Å². The second-order valence-electron chi connectivity index (χ2n) is 5.50. The van der Waals surface area contributed by atoms with Crippen LogP contribution >= 0.6 is 0 Å². The summed E-state index contributed by atoms with van der Waals surface area (Å²) in [5, 5.41) is 3.14. The number of nitrogens with one attached hydrogen (secondary N) is 1. The van der Waals surface area contributed by atoms with Gasteiger partial charge in [-0.2, -0.15) is 0 Å². The SMILES string of the molecule is CCNC1CCC(S(=O)(=O)c2cccc(C)c2)C1C. The Hall–Kier alpha value is -0.870. The van der Waals surface area contributed by atoms with Crippen LogP contribution in [0.5, 0.6) is 0 Å². The van der Waals surface area contributed by atoms with E-state index in [-0.39, 0.29) is 11.2 Å².